The zero-order chi connectivity index (χ0) is 14.0. The largest absolute Gasteiger partial charge is 0.393 e. The van der Waals surface area contributed by atoms with Crippen molar-refractivity contribution in [2.45, 2.75) is 50.9 Å². The van der Waals surface area contributed by atoms with E-state index in [1.165, 1.54) is 11.1 Å². The lowest BCUT2D eigenvalue weighted by atomic mass is 9.91. The number of benzene rings is 1. The van der Waals surface area contributed by atoms with Gasteiger partial charge in [0.2, 0.25) is 0 Å². The normalized spacial score (nSPS) is 32.8. The molecule has 0 saturated carbocycles. The van der Waals surface area contributed by atoms with Crippen LogP contribution in [0.3, 0.4) is 0 Å². The molecule has 3 unspecified atom stereocenters. The Morgan fingerprint density at radius 3 is 3.00 bits per heavy atom. The first-order chi connectivity index (χ1) is 9.74. The molecule has 108 valence electrons. The Bertz CT molecular complexity index is 485. The Hall–Kier alpha value is -1.16. The van der Waals surface area contributed by atoms with Crippen LogP contribution in [-0.4, -0.2) is 28.5 Å². The average molecular weight is 273 g/mol. The van der Waals surface area contributed by atoms with Crippen molar-refractivity contribution in [3.8, 4) is 0 Å². The Morgan fingerprint density at radius 1 is 1.45 bits per heavy atom. The minimum atomic E-state index is -0.275. The first-order valence-electron chi connectivity index (χ1n) is 7.63. The SMILES string of the molecule is CCC(=CCCc1ccccc1)C12CC(O)CCN1O2. The summed E-state index contributed by atoms with van der Waals surface area (Å²) in [6, 6.07) is 10.6. The summed E-state index contributed by atoms with van der Waals surface area (Å²) >= 11 is 0. The number of rotatable bonds is 5. The van der Waals surface area contributed by atoms with E-state index in [1.807, 2.05) is 5.06 Å². The lowest BCUT2D eigenvalue weighted by molar-refractivity contribution is 0.105. The van der Waals surface area contributed by atoms with Crippen LogP contribution >= 0.6 is 0 Å². The molecule has 0 amide bonds. The summed E-state index contributed by atoms with van der Waals surface area (Å²) < 4.78 is 0. The van der Waals surface area contributed by atoms with Crippen LogP contribution in [0.25, 0.3) is 0 Å². The van der Waals surface area contributed by atoms with E-state index < -0.39 is 0 Å². The van der Waals surface area contributed by atoms with Gasteiger partial charge in [-0.05, 0) is 36.8 Å². The lowest BCUT2D eigenvalue weighted by Crippen LogP contribution is -2.34. The number of hydrogen-bond acceptors (Lipinski definition) is 3. The summed E-state index contributed by atoms with van der Waals surface area (Å²) in [6.45, 7) is 3.02. The van der Waals surface area contributed by atoms with Gasteiger partial charge in [-0.25, -0.2) is 0 Å². The topological polar surface area (TPSA) is 35.8 Å². The molecule has 2 aliphatic rings. The molecule has 2 heterocycles. The quantitative estimate of drug-likeness (QED) is 0.661. The molecule has 0 aromatic heterocycles. The number of nitrogens with zero attached hydrogens (tertiary/aromatic N) is 1. The smallest absolute Gasteiger partial charge is 0.188 e. The maximum atomic E-state index is 9.89. The van der Waals surface area contributed by atoms with Gasteiger partial charge in [-0.3, -0.25) is 4.84 Å². The molecular formula is C17H23NO2. The fourth-order valence-electron chi connectivity index (χ4n) is 3.20. The van der Waals surface area contributed by atoms with Gasteiger partial charge in [-0.15, -0.1) is 5.06 Å². The van der Waals surface area contributed by atoms with Crippen molar-refractivity contribution in [2.24, 2.45) is 0 Å². The molecule has 3 rings (SSSR count). The molecule has 0 bridgehead atoms. The molecule has 0 spiro atoms. The van der Waals surface area contributed by atoms with Crippen molar-refractivity contribution in [2.75, 3.05) is 6.54 Å². The molecular weight excluding hydrogens is 250 g/mol. The van der Waals surface area contributed by atoms with Gasteiger partial charge in [0.05, 0.1) is 6.10 Å². The number of aryl methyl sites for hydroxylation is 1. The van der Waals surface area contributed by atoms with E-state index in [4.69, 9.17) is 4.84 Å². The molecule has 3 nitrogen and oxygen atoms in total. The van der Waals surface area contributed by atoms with Gasteiger partial charge in [-0.2, -0.15) is 0 Å². The molecule has 0 radical (unpaired) electrons. The third kappa shape index (κ3) is 2.66. The Morgan fingerprint density at radius 2 is 2.25 bits per heavy atom. The van der Waals surface area contributed by atoms with Gasteiger partial charge in [-0.1, -0.05) is 43.3 Å². The van der Waals surface area contributed by atoms with Crippen LogP contribution in [0.15, 0.2) is 42.0 Å². The lowest BCUT2D eigenvalue weighted by Gasteiger charge is -2.23. The maximum Gasteiger partial charge on any atom is 0.188 e. The molecule has 2 fully saturated rings. The average Bonchev–Trinajstić information content (AvgIpc) is 3.19. The summed E-state index contributed by atoms with van der Waals surface area (Å²) in [4.78, 5) is 5.80. The fourth-order valence-corrected chi connectivity index (χ4v) is 3.20. The molecule has 0 aliphatic carbocycles. The highest BCUT2D eigenvalue weighted by molar-refractivity contribution is 5.23. The van der Waals surface area contributed by atoms with Crippen molar-refractivity contribution in [3.63, 3.8) is 0 Å². The van der Waals surface area contributed by atoms with E-state index in [0.717, 1.165) is 38.6 Å². The molecule has 2 aliphatic heterocycles. The van der Waals surface area contributed by atoms with Crippen LogP contribution < -0.4 is 0 Å². The second-order valence-corrected chi connectivity index (χ2v) is 5.73. The first-order valence-corrected chi connectivity index (χ1v) is 7.63. The van der Waals surface area contributed by atoms with Crippen LogP contribution in [0, 0.1) is 0 Å². The second-order valence-electron chi connectivity index (χ2n) is 5.73. The summed E-state index contributed by atoms with van der Waals surface area (Å²) in [5.74, 6) is 0. The highest BCUT2D eigenvalue weighted by Gasteiger charge is 2.59. The monoisotopic (exact) mass is 273 g/mol. The van der Waals surface area contributed by atoms with E-state index in [9.17, 15) is 5.11 Å². The van der Waals surface area contributed by atoms with Crippen LogP contribution in [0.5, 0.6) is 0 Å². The number of aliphatic hydroxyl groups is 1. The standard InChI is InChI=1S/C17H23NO2/c1-2-15(10-6-9-14-7-4-3-5-8-14)17-13-16(19)11-12-18(17)20-17/h3-5,7-8,10,16,19H,2,6,9,11-13H2,1H3. The van der Waals surface area contributed by atoms with Crippen molar-refractivity contribution >= 4 is 0 Å². The molecule has 1 aromatic rings. The third-order valence-corrected chi connectivity index (χ3v) is 4.36. The van der Waals surface area contributed by atoms with Gasteiger partial charge in [0.15, 0.2) is 5.72 Å². The summed E-state index contributed by atoms with van der Waals surface area (Å²) in [6.07, 6.45) is 6.70. The number of hydroxylamine groups is 2. The first kappa shape index (κ1) is 13.8. The fraction of sp³-hybridized carbons (Fsp3) is 0.529. The van der Waals surface area contributed by atoms with E-state index in [0.29, 0.717) is 0 Å². The minimum Gasteiger partial charge on any atom is -0.393 e. The maximum absolute atomic E-state index is 9.89. The van der Waals surface area contributed by atoms with E-state index in [1.54, 1.807) is 0 Å². The van der Waals surface area contributed by atoms with Crippen LogP contribution in [0.4, 0.5) is 0 Å². The molecule has 3 atom stereocenters. The van der Waals surface area contributed by atoms with Crippen molar-refractivity contribution in [1.29, 1.82) is 0 Å². The van der Waals surface area contributed by atoms with Gasteiger partial charge in [0, 0.05) is 13.0 Å². The number of fused-ring (bicyclic) bond motifs is 1. The summed E-state index contributed by atoms with van der Waals surface area (Å²) in [5.41, 5.74) is 2.42. The van der Waals surface area contributed by atoms with E-state index in [-0.39, 0.29) is 11.8 Å². The number of piperidine rings is 1. The van der Waals surface area contributed by atoms with Crippen molar-refractivity contribution in [1.82, 2.24) is 5.06 Å². The highest BCUT2D eigenvalue weighted by atomic mass is 16.9. The zero-order valence-corrected chi connectivity index (χ0v) is 12.1. The van der Waals surface area contributed by atoms with Crippen LogP contribution in [0.1, 0.15) is 38.2 Å². The summed E-state index contributed by atoms with van der Waals surface area (Å²) in [7, 11) is 0. The molecule has 2 saturated heterocycles. The molecule has 1 aromatic carbocycles. The van der Waals surface area contributed by atoms with Crippen LogP contribution in [-0.2, 0) is 11.3 Å². The molecule has 1 N–H and O–H groups in total. The third-order valence-electron chi connectivity index (χ3n) is 4.36. The van der Waals surface area contributed by atoms with Crippen molar-refractivity contribution in [3.05, 3.63) is 47.5 Å². The highest BCUT2D eigenvalue weighted by Crippen LogP contribution is 2.49. The predicted octanol–water partition coefficient (Wildman–Crippen LogP) is 3.05. The van der Waals surface area contributed by atoms with Gasteiger partial charge in [0.25, 0.3) is 0 Å². The Balaban J connectivity index is 1.63. The number of aliphatic hydroxyl groups excluding tert-OH is 1. The Kier molecular flexibility index (Phi) is 3.92. The second kappa shape index (κ2) is 5.68. The minimum absolute atomic E-state index is 0.224. The zero-order valence-electron chi connectivity index (χ0n) is 12.1. The summed E-state index contributed by atoms with van der Waals surface area (Å²) in [5, 5.41) is 11.9. The number of hydrogen-bond donors (Lipinski definition) is 1. The van der Waals surface area contributed by atoms with Crippen LogP contribution in [0.2, 0.25) is 0 Å². The van der Waals surface area contributed by atoms with E-state index in [2.05, 4.69) is 43.3 Å². The molecule has 3 heteroatoms. The predicted molar refractivity (Wildman–Crippen MR) is 78.9 cm³/mol. The van der Waals surface area contributed by atoms with E-state index >= 15 is 0 Å². The van der Waals surface area contributed by atoms with Gasteiger partial charge >= 0.3 is 0 Å². The van der Waals surface area contributed by atoms with Gasteiger partial charge in [0.1, 0.15) is 0 Å². The Labute approximate surface area is 120 Å². The molecule has 20 heavy (non-hydrogen) atoms. The van der Waals surface area contributed by atoms with Gasteiger partial charge < -0.3 is 5.11 Å². The van der Waals surface area contributed by atoms with Crippen molar-refractivity contribution < 1.29 is 9.94 Å². The number of allylic oxidation sites excluding steroid dienone is 1.